The number of hydrogen-bond donors (Lipinski definition) is 2. The topological polar surface area (TPSA) is 103 Å². The van der Waals surface area contributed by atoms with Gasteiger partial charge in [-0.3, -0.25) is 14.5 Å². The fourth-order valence-electron chi connectivity index (χ4n) is 1.98. The van der Waals surface area contributed by atoms with Crippen molar-refractivity contribution >= 4 is 17.5 Å². The van der Waals surface area contributed by atoms with Crippen LogP contribution in [0.4, 0.5) is 18.9 Å². The quantitative estimate of drug-likeness (QED) is 0.778. The highest BCUT2D eigenvalue weighted by Crippen LogP contribution is 2.29. The summed E-state index contributed by atoms with van der Waals surface area (Å²) in [4.78, 5) is 24.4. The molecule has 1 aliphatic rings. The highest BCUT2D eigenvalue weighted by Gasteiger charge is 2.33. The van der Waals surface area contributed by atoms with Gasteiger partial charge in [0.1, 0.15) is 17.5 Å². The third-order valence-electron chi connectivity index (χ3n) is 2.95. The Labute approximate surface area is 133 Å². The number of nitriles is 1. The van der Waals surface area contributed by atoms with Crippen LogP contribution < -0.4 is 10.1 Å². The number of alkyl halides is 3. The molecule has 0 atom stereocenters. The van der Waals surface area contributed by atoms with E-state index in [1.54, 1.807) is 6.07 Å². The van der Waals surface area contributed by atoms with Crippen LogP contribution in [0.3, 0.4) is 0 Å². The Bertz CT molecular complexity index is 753. The minimum absolute atomic E-state index is 0.0497. The maximum absolute atomic E-state index is 12.3. The van der Waals surface area contributed by atoms with Crippen LogP contribution in [-0.4, -0.2) is 41.3 Å². The molecule has 0 radical (unpaired) electrons. The van der Waals surface area contributed by atoms with Crippen LogP contribution in [0, 0.1) is 11.3 Å². The van der Waals surface area contributed by atoms with E-state index in [2.05, 4.69) is 10.1 Å². The van der Waals surface area contributed by atoms with Crippen molar-refractivity contribution in [1.82, 2.24) is 4.90 Å². The first-order valence-electron chi connectivity index (χ1n) is 6.50. The zero-order valence-corrected chi connectivity index (χ0v) is 11.9. The lowest BCUT2D eigenvalue weighted by Crippen LogP contribution is -2.34. The molecule has 1 heterocycles. The van der Waals surface area contributed by atoms with E-state index < -0.39 is 30.5 Å². The number of rotatable bonds is 5. The molecule has 2 N–H and O–H groups in total. The number of amides is 2. The van der Waals surface area contributed by atoms with Crippen molar-refractivity contribution in [3.05, 3.63) is 35.5 Å². The molecule has 1 aliphatic heterocycles. The molecule has 24 heavy (non-hydrogen) atoms. The number of halogens is 3. The molecule has 0 aliphatic carbocycles. The highest BCUT2D eigenvalue weighted by molar-refractivity contribution is 6.17. The van der Waals surface area contributed by atoms with Gasteiger partial charge in [-0.2, -0.15) is 5.26 Å². The van der Waals surface area contributed by atoms with Gasteiger partial charge in [0.05, 0.1) is 24.4 Å². The van der Waals surface area contributed by atoms with Crippen LogP contribution in [0.15, 0.2) is 30.0 Å². The Hall–Kier alpha value is -3.06. The number of nitrogens with one attached hydrogen (secondary N) is 1. The number of aliphatic hydroxyl groups is 1. The molecule has 0 unspecified atom stereocenters. The largest absolute Gasteiger partial charge is 0.573 e. The Morgan fingerprint density at radius 2 is 2.04 bits per heavy atom. The molecule has 126 valence electrons. The molecule has 2 rings (SSSR count). The van der Waals surface area contributed by atoms with Crippen molar-refractivity contribution in [2.75, 3.05) is 18.5 Å². The SMILES string of the molecule is N#Cc1ccc(OC(F)(F)F)cc1NC1=CC(=O)N(CCO)C1=O. The second-order valence-corrected chi connectivity index (χ2v) is 4.57. The summed E-state index contributed by atoms with van der Waals surface area (Å²) in [6.45, 7) is -0.654. The van der Waals surface area contributed by atoms with Crippen molar-refractivity contribution in [2.24, 2.45) is 0 Å². The second kappa shape index (κ2) is 6.59. The summed E-state index contributed by atoms with van der Waals surface area (Å²) in [5.74, 6) is -2.04. The third-order valence-corrected chi connectivity index (χ3v) is 2.95. The lowest BCUT2D eigenvalue weighted by Gasteiger charge is -2.15. The summed E-state index contributed by atoms with van der Waals surface area (Å²) < 4.78 is 40.5. The summed E-state index contributed by atoms with van der Waals surface area (Å²) in [6, 6.07) is 4.66. The molecule has 1 aromatic rings. The Kier molecular flexibility index (Phi) is 4.75. The highest BCUT2D eigenvalue weighted by atomic mass is 19.4. The lowest BCUT2D eigenvalue weighted by molar-refractivity contribution is -0.274. The Balaban J connectivity index is 2.27. The van der Waals surface area contributed by atoms with E-state index in [9.17, 15) is 22.8 Å². The van der Waals surface area contributed by atoms with E-state index >= 15 is 0 Å². The van der Waals surface area contributed by atoms with Gasteiger partial charge in [-0.25, -0.2) is 0 Å². The molecule has 0 spiro atoms. The number of imide groups is 1. The predicted molar refractivity (Wildman–Crippen MR) is 73.4 cm³/mol. The number of carbonyl (C=O) groups is 2. The number of aliphatic hydroxyl groups excluding tert-OH is 1. The number of hydrogen-bond acceptors (Lipinski definition) is 6. The van der Waals surface area contributed by atoms with Gasteiger partial charge >= 0.3 is 6.36 Å². The van der Waals surface area contributed by atoms with Gasteiger partial charge in [0.25, 0.3) is 11.8 Å². The molecule has 0 aromatic heterocycles. The number of carbonyl (C=O) groups excluding carboxylic acids is 2. The lowest BCUT2D eigenvalue weighted by atomic mass is 10.1. The monoisotopic (exact) mass is 341 g/mol. The fraction of sp³-hybridized carbons (Fsp3) is 0.214. The first-order chi connectivity index (χ1) is 11.2. The number of ether oxygens (including phenoxy) is 1. The van der Waals surface area contributed by atoms with E-state index in [-0.39, 0.29) is 23.5 Å². The van der Waals surface area contributed by atoms with Crippen LogP contribution in [-0.2, 0) is 9.59 Å². The van der Waals surface area contributed by atoms with Crippen molar-refractivity contribution in [1.29, 1.82) is 5.26 Å². The molecular weight excluding hydrogens is 331 g/mol. The van der Waals surface area contributed by atoms with Gasteiger partial charge in [0, 0.05) is 12.1 Å². The van der Waals surface area contributed by atoms with E-state index in [4.69, 9.17) is 10.4 Å². The van der Waals surface area contributed by atoms with Crippen LogP contribution in [0.5, 0.6) is 5.75 Å². The zero-order chi connectivity index (χ0) is 17.9. The van der Waals surface area contributed by atoms with Crippen LogP contribution in [0.2, 0.25) is 0 Å². The maximum Gasteiger partial charge on any atom is 0.573 e. The number of nitrogens with zero attached hydrogens (tertiary/aromatic N) is 2. The van der Waals surface area contributed by atoms with E-state index in [0.29, 0.717) is 0 Å². The molecule has 1 aromatic carbocycles. The summed E-state index contributed by atoms with van der Waals surface area (Å²) >= 11 is 0. The van der Waals surface area contributed by atoms with Crippen molar-refractivity contribution in [3.8, 4) is 11.8 Å². The third kappa shape index (κ3) is 3.82. The molecule has 2 amide bonds. The van der Waals surface area contributed by atoms with E-state index in [0.717, 1.165) is 29.2 Å². The van der Waals surface area contributed by atoms with Crippen LogP contribution >= 0.6 is 0 Å². The average Bonchev–Trinajstić information content (AvgIpc) is 2.74. The smallest absolute Gasteiger partial charge is 0.406 e. The van der Waals surface area contributed by atoms with Gasteiger partial charge in [0.15, 0.2) is 0 Å². The molecule has 0 saturated carbocycles. The summed E-state index contributed by atoms with van der Waals surface area (Å²) in [5.41, 5.74) is -0.405. The maximum atomic E-state index is 12.3. The van der Waals surface area contributed by atoms with Crippen molar-refractivity contribution < 1.29 is 32.6 Å². The predicted octanol–water partition coefficient (Wildman–Crippen LogP) is 1.11. The molecule has 7 nitrogen and oxygen atoms in total. The standard InChI is InChI=1S/C14H10F3N3O4/c15-14(16,17)24-9-2-1-8(7-18)10(5-9)19-11-6-12(22)20(3-4-21)13(11)23/h1-2,5-6,19,21H,3-4H2. The second-order valence-electron chi connectivity index (χ2n) is 4.57. The zero-order valence-electron chi connectivity index (χ0n) is 11.9. The summed E-state index contributed by atoms with van der Waals surface area (Å²) in [6.07, 6.45) is -3.99. The first kappa shape index (κ1) is 17.3. The number of anilines is 1. The van der Waals surface area contributed by atoms with E-state index in [1.807, 2.05) is 0 Å². The summed E-state index contributed by atoms with van der Waals surface area (Å²) in [5, 5.41) is 20.3. The van der Waals surface area contributed by atoms with Crippen LogP contribution in [0.1, 0.15) is 5.56 Å². The Morgan fingerprint density at radius 3 is 2.62 bits per heavy atom. The molecule has 0 fully saturated rings. The first-order valence-corrected chi connectivity index (χ1v) is 6.50. The fourth-order valence-corrected chi connectivity index (χ4v) is 1.98. The minimum Gasteiger partial charge on any atom is -0.406 e. The molecule has 0 bridgehead atoms. The molecular formula is C14H10F3N3O4. The minimum atomic E-state index is -4.91. The molecule has 0 saturated heterocycles. The van der Waals surface area contributed by atoms with E-state index in [1.165, 1.54) is 0 Å². The normalized spacial score (nSPS) is 14.5. The molecule has 10 heteroatoms. The average molecular weight is 341 g/mol. The van der Waals surface area contributed by atoms with Crippen molar-refractivity contribution in [3.63, 3.8) is 0 Å². The van der Waals surface area contributed by atoms with Crippen LogP contribution in [0.25, 0.3) is 0 Å². The van der Waals surface area contributed by atoms with Gasteiger partial charge in [-0.05, 0) is 12.1 Å². The van der Waals surface area contributed by atoms with Gasteiger partial charge in [0.2, 0.25) is 0 Å². The Morgan fingerprint density at radius 1 is 1.33 bits per heavy atom. The van der Waals surface area contributed by atoms with Crippen molar-refractivity contribution in [2.45, 2.75) is 6.36 Å². The number of benzene rings is 1. The van der Waals surface area contributed by atoms with Gasteiger partial charge in [-0.15, -0.1) is 13.2 Å². The summed E-state index contributed by atoms with van der Waals surface area (Å²) in [7, 11) is 0. The van der Waals surface area contributed by atoms with Gasteiger partial charge in [-0.1, -0.05) is 0 Å². The number of β-amino-alcohol motifs (C(OH)–C–C–N with tert-alkyl or cyclic N) is 1. The van der Waals surface area contributed by atoms with Gasteiger partial charge < -0.3 is 15.2 Å².